The molecule has 0 aliphatic heterocycles. The Kier molecular flexibility index (Phi) is 4.80. The molecule has 1 aromatic carbocycles. The van der Waals surface area contributed by atoms with Gasteiger partial charge in [0.1, 0.15) is 5.75 Å². The fourth-order valence-corrected chi connectivity index (χ4v) is 2.84. The molecular weight excluding hydrogens is 240 g/mol. The number of aromatic hydroxyl groups is 1. The van der Waals surface area contributed by atoms with E-state index in [9.17, 15) is 9.90 Å². The van der Waals surface area contributed by atoms with Crippen molar-refractivity contribution >= 4 is 5.91 Å². The lowest BCUT2D eigenvalue weighted by Gasteiger charge is -2.23. The van der Waals surface area contributed by atoms with Crippen LogP contribution < -0.4 is 11.1 Å². The second kappa shape index (κ2) is 6.57. The van der Waals surface area contributed by atoms with Gasteiger partial charge in [-0.1, -0.05) is 25.0 Å². The Morgan fingerprint density at radius 1 is 1.42 bits per heavy atom. The number of phenols is 1. The predicted molar refractivity (Wildman–Crippen MR) is 74.8 cm³/mol. The zero-order valence-electron chi connectivity index (χ0n) is 11.1. The van der Waals surface area contributed by atoms with Crippen LogP contribution in [0.2, 0.25) is 0 Å². The van der Waals surface area contributed by atoms with Crippen LogP contribution in [0.25, 0.3) is 0 Å². The molecular formula is C15H22N2O2. The summed E-state index contributed by atoms with van der Waals surface area (Å²) < 4.78 is 0. The fourth-order valence-electron chi connectivity index (χ4n) is 2.84. The zero-order chi connectivity index (χ0) is 13.7. The second-order valence-corrected chi connectivity index (χ2v) is 5.30. The zero-order valence-corrected chi connectivity index (χ0v) is 11.1. The normalized spacial score (nSPS) is 17.3. The molecule has 1 atom stereocenters. The summed E-state index contributed by atoms with van der Waals surface area (Å²) in [6, 6.07) is 6.89. The van der Waals surface area contributed by atoms with E-state index in [0.717, 1.165) is 18.4 Å². The van der Waals surface area contributed by atoms with Gasteiger partial charge in [0, 0.05) is 12.6 Å². The second-order valence-electron chi connectivity index (χ2n) is 5.30. The number of carbonyl (C=O) groups is 1. The quantitative estimate of drug-likeness (QED) is 0.754. The minimum atomic E-state index is -0.0204. The molecule has 1 amide bonds. The summed E-state index contributed by atoms with van der Waals surface area (Å²) in [5.74, 6) is 0.697. The van der Waals surface area contributed by atoms with Crippen LogP contribution in [0.15, 0.2) is 24.3 Å². The van der Waals surface area contributed by atoms with Gasteiger partial charge in [-0.15, -0.1) is 0 Å². The molecule has 4 heteroatoms. The maximum Gasteiger partial charge on any atom is 0.224 e. The van der Waals surface area contributed by atoms with E-state index in [0.29, 0.717) is 12.5 Å². The van der Waals surface area contributed by atoms with Gasteiger partial charge >= 0.3 is 0 Å². The van der Waals surface area contributed by atoms with Crippen molar-refractivity contribution in [2.24, 2.45) is 11.7 Å². The first-order chi connectivity index (χ1) is 9.19. The smallest absolute Gasteiger partial charge is 0.224 e. The first-order valence-electron chi connectivity index (χ1n) is 6.96. The molecule has 0 radical (unpaired) electrons. The van der Waals surface area contributed by atoms with Crippen LogP contribution in [-0.4, -0.2) is 23.6 Å². The Balaban J connectivity index is 1.89. The summed E-state index contributed by atoms with van der Waals surface area (Å²) >= 11 is 0. The molecule has 0 aromatic heterocycles. The molecule has 1 saturated carbocycles. The van der Waals surface area contributed by atoms with Gasteiger partial charge in [0.15, 0.2) is 0 Å². The highest BCUT2D eigenvalue weighted by Crippen LogP contribution is 2.27. The van der Waals surface area contributed by atoms with E-state index >= 15 is 0 Å². The topological polar surface area (TPSA) is 75.3 Å². The van der Waals surface area contributed by atoms with Gasteiger partial charge in [0.2, 0.25) is 5.91 Å². The predicted octanol–water partition coefficient (Wildman–Crippen LogP) is 1.57. The van der Waals surface area contributed by atoms with Gasteiger partial charge in [-0.05, 0) is 36.5 Å². The van der Waals surface area contributed by atoms with Crippen LogP contribution in [0, 0.1) is 5.92 Å². The van der Waals surface area contributed by atoms with E-state index in [4.69, 9.17) is 5.73 Å². The number of carbonyl (C=O) groups excluding carboxylic acids is 1. The van der Waals surface area contributed by atoms with Crippen molar-refractivity contribution in [3.63, 3.8) is 0 Å². The van der Waals surface area contributed by atoms with Gasteiger partial charge < -0.3 is 16.2 Å². The number of rotatable bonds is 5. The minimum absolute atomic E-state index is 0.0204. The van der Waals surface area contributed by atoms with Crippen LogP contribution in [0.1, 0.15) is 31.2 Å². The number of nitrogens with two attached hydrogens (primary N) is 1. The van der Waals surface area contributed by atoms with E-state index < -0.39 is 0 Å². The number of hydrogen-bond acceptors (Lipinski definition) is 3. The summed E-state index contributed by atoms with van der Waals surface area (Å²) in [5.41, 5.74) is 6.58. The number of benzene rings is 1. The lowest BCUT2D eigenvalue weighted by molar-refractivity contribution is -0.121. The lowest BCUT2D eigenvalue weighted by atomic mass is 9.98. The molecule has 104 valence electrons. The minimum Gasteiger partial charge on any atom is -0.508 e. The van der Waals surface area contributed by atoms with Crippen molar-refractivity contribution in [2.45, 2.75) is 38.1 Å². The Labute approximate surface area is 114 Å². The first kappa shape index (κ1) is 13.9. The SMILES string of the molecule is NCC(NC(=O)Cc1cccc(O)c1)C1CCCC1. The summed E-state index contributed by atoms with van der Waals surface area (Å²) in [7, 11) is 0. The van der Waals surface area contributed by atoms with E-state index in [1.165, 1.54) is 12.8 Å². The monoisotopic (exact) mass is 262 g/mol. The average Bonchev–Trinajstić information content (AvgIpc) is 2.89. The highest BCUT2D eigenvalue weighted by Gasteiger charge is 2.25. The summed E-state index contributed by atoms with van der Waals surface area (Å²) in [6.45, 7) is 0.496. The highest BCUT2D eigenvalue weighted by atomic mass is 16.3. The van der Waals surface area contributed by atoms with E-state index in [1.807, 2.05) is 6.07 Å². The Hall–Kier alpha value is -1.55. The third-order valence-electron chi connectivity index (χ3n) is 3.84. The standard InChI is InChI=1S/C15H22N2O2/c16-10-14(12-5-1-2-6-12)17-15(19)9-11-4-3-7-13(18)8-11/h3-4,7-8,12,14,18H,1-2,5-6,9-10,16H2,(H,17,19). The summed E-state index contributed by atoms with van der Waals surface area (Å²) in [4.78, 5) is 12.0. The Bertz CT molecular complexity index is 428. The molecule has 1 aromatic rings. The van der Waals surface area contributed by atoms with Crippen LogP contribution in [0.4, 0.5) is 0 Å². The molecule has 1 aliphatic carbocycles. The Morgan fingerprint density at radius 3 is 2.79 bits per heavy atom. The van der Waals surface area contributed by atoms with Crippen molar-refractivity contribution in [1.82, 2.24) is 5.32 Å². The molecule has 1 aliphatic rings. The highest BCUT2D eigenvalue weighted by molar-refractivity contribution is 5.79. The average molecular weight is 262 g/mol. The first-order valence-corrected chi connectivity index (χ1v) is 6.96. The van der Waals surface area contributed by atoms with Crippen molar-refractivity contribution in [1.29, 1.82) is 0 Å². The summed E-state index contributed by atoms with van der Waals surface area (Å²) in [5, 5.41) is 12.4. The van der Waals surface area contributed by atoms with Gasteiger partial charge in [0.05, 0.1) is 6.42 Å². The lowest BCUT2D eigenvalue weighted by Crippen LogP contribution is -2.45. The van der Waals surface area contributed by atoms with Gasteiger partial charge in [-0.2, -0.15) is 0 Å². The molecule has 0 saturated heterocycles. The molecule has 4 nitrogen and oxygen atoms in total. The Morgan fingerprint density at radius 2 is 2.16 bits per heavy atom. The molecule has 0 bridgehead atoms. The van der Waals surface area contributed by atoms with E-state index in [2.05, 4.69) is 5.32 Å². The van der Waals surface area contributed by atoms with Crippen LogP contribution >= 0.6 is 0 Å². The van der Waals surface area contributed by atoms with E-state index in [1.54, 1.807) is 18.2 Å². The molecule has 19 heavy (non-hydrogen) atoms. The molecule has 2 rings (SSSR count). The van der Waals surface area contributed by atoms with E-state index in [-0.39, 0.29) is 24.1 Å². The van der Waals surface area contributed by atoms with Crippen molar-refractivity contribution in [3.05, 3.63) is 29.8 Å². The third-order valence-corrected chi connectivity index (χ3v) is 3.84. The molecule has 0 heterocycles. The van der Waals surface area contributed by atoms with Crippen molar-refractivity contribution < 1.29 is 9.90 Å². The van der Waals surface area contributed by atoms with Gasteiger partial charge in [-0.3, -0.25) is 4.79 Å². The van der Waals surface area contributed by atoms with Gasteiger partial charge in [-0.25, -0.2) is 0 Å². The van der Waals surface area contributed by atoms with Crippen molar-refractivity contribution in [2.75, 3.05) is 6.54 Å². The fraction of sp³-hybridized carbons (Fsp3) is 0.533. The van der Waals surface area contributed by atoms with Crippen molar-refractivity contribution in [3.8, 4) is 5.75 Å². The van der Waals surface area contributed by atoms with Crippen LogP contribution in [0.3, 0.4) is 0 Å². The molecule has 4 N–H and O–H groups in total. The summed E-state index contributed by atoms with van der Waals surface area (Å²) in [6.07, 6.45) is 5.09. The largest absolute Gasteiger partial charge is 0.508 e. The molecule has 0 spiro atoms. The van der Waals surface area contributed by atoms with Crippen LogP contribution in [-0.2, 0) is 11.2 Å². The number of phenolic OH excluding ortho intramolecular Hbond substituents is 1. The molecule has 1 fully saturated rings. The number of amides is 1. The maximum absolute atomic E-state index is 12.0. The molecule has 1 unspecified atom stereocenters. The number of nitrogens with one attached hydrogen (secondary N) is 1. The third kappa shape index (κ3) is 3.96. The van der Waals surface area contributed by atoms with Gasteiger partial charge in [0.25, 0.3) is 0 Å². The van der Waals surface area contributed by atoms with Crippen LogP contribution in [0.5, 0.6) is 5.75 Å². The maximum atomic E-state index is 12.0. The number of hydrogen-bond donors (Lipinski definition) is 3.